The number of methoxy groups -OCH3 is 1. The molecule has 1 aromatic rings. The summed E-state index contributed by atoms with van der Waals surface area (Å²) in [7, 11) is 1.58. The van der Waals surface area contributed by atoms with E-state index in [0.717, 1.165) is 25.7 Å². The highest BCUT2D eigenvalue weighted by Crippen LogP contribution is 2.33. The number of hydrogen-bond acceptors (Lipinski definition) is 3. The Bertz CT molecular complexity index is 459. The summed E-state index contributed by atoms with van der Waals surface area (Å²) >= 11 is 0. The minimum absolute atomic E-state index is 0.0943. The van der Waals surface area contributed by atoms with E-state index >= 15 is 0 Å². The molecule has 1 aliphatic heterocycles. The quantitative estimate of drug-likeness (QED) is 0.837. The van der Waals surface area contributed by atoms with E-state index in [2.05, 4.69) is 17.0 Å². The van der Waals surface area contributed by atoms with E-state index in [1.165, 1.54) is 18.4 Å². The molecule has 0 spiro atoms. The molecule has 1 saturated heterocycles. The van der Waals surface area contributed by atoms with Crippen LogP contribution >= 0.6 is 0 Å². The van der Waals surface area contributed by atoms with Crippen LogP contribution in [0.15, 0.2) is 30.3 Å². The standard InChI is InChI=1S/C16H22N2O2/c1-20-12-16(19)18-10-9-17(14-7-8-14)11-15(18)13-5-3-2-4-6-13/h2-6,14-15H,7-12H2,1H3/t15-/m0/s1. The molecule has 0 aromatic heterocycles. The Morgan fingerprint density at radius 2 is 2.00 bits per heavy atom. The lowest BCUT2D eigenvalue weighted by molar-refractivity contribution is -0.140. The van der Waals surface area contributed by atoms with E-state index < -0.39 is 0 Å². The minimum atomic E-state index is 0.0943. The SMILES string of the molecule is COCC(=O)N1CCN(C2CC2)C[C@H]1c1ccccc1. The number of benzene rings is 1. The van der Waals surface area contributed by atoms with Crippen LogP contribution in [0.1, 0.15) is 24.4 Å². The monoisotopic (exact) mass is 274 g/mol. The van der Waals surface area contributed by atoms with E-state index in [1.807, 2.05) is 23.1 Å². The van der Waals surface area contributed by atoms with Gasteiger partial charge in [0.1, 0.15) is 6.61 Å². The van der Waals surface area contributed by atoms with Crippen LogP contribution in [0, 0.1) is 0 Å². The second-order valence-corrected chi connectivity index (χ2v) is 5.67. The third-order valence-electron chi connectivity index (χ3n) is 4.25. The average Bonchev–Trinajstić information content (AvgIpc) is 3.32. The van der Waals surface area contributed by atoms with Crippen molar-refractivity contribution in [2.24, 2.45) is 0 Å². The van der Waals surface area contributed by atoms with Crippen LogP contribution in [0.5, 0.6) is 0 Å². The summed E-state index contributed by atoms with van der Waals surface area (Å²) in [6.45, 7) is 2.92. The Balaban J connectivity index is 1.79. The van der Waals surface area contributed by atoms with Crippen LogP contribution in [-0.2, 0) is 9.53 Å². The normalized spacial score (nSPS) is 23.9. The van der Waals surface area contributed by atoms with Gasteiger partial charge in [0.05, 0.1) is 6.04 Å². The zero-order valence-electron chi connectivity index (χ0n) is 12.0. The number of amides is 1. The van der Waals surface area contributed by atoms with Crippen molar-refractivity contribution >= 4 is 5.91 Å². The molecule has 0 radical (unpaired) electrons. The molecule has 2 fully saturated rings. The first kappa shape index (κ1) is 13.6. The largest absolute Gasteiger partial charge is 0.375 e. The van der Waals surface area contributed by atoms with Crippen molar-refractivity contribution in [3.63, 3.8) is 0 Å². The van der Waals surface area contributed by atoms with Gasteiger partial charge in [-0.15, -0.1) is 0 Å². The summed E-state index contributed by atoms with van der Waals surface area (Å²) in [5.74, 6) is 0.0943. The first-order valence-corrected chi connectivity index (χ1v) is 7.37. The number of hydrogen-bond donors (Lipinski definition) is 0. The molecule has 3 rings (SSSR count). The Labute approximate surface area is 120 Å². The van der Waals surface area contributed by atoms with Crippen LogP contribution in [-0.4, -0.2) is 55.1 Å². The summed E-state index contributed by atoms with van der Waals surface area (Å²) in [5, 5.41) is 0. The Kier molecular flexibility index (Phi) is 4.03. The van der Waals surface area contributed by atoms with Crippen LogP contribution in [0.3, 0.4) is 0 Å². The molecule has 0 N–H and O–H groups in total. The number of carbonyl (C=O) groups excluding carboxylic acids is 1. The Hall–Kier alpha value is -1.39. The molecule has 1 aliphatic carbocycles. The fraction of sp³-hybridized carbons (Fsp3) is 0.562. The molecule has 0 bridgehead atoms. The van der Waals surface area contributed by atoms with Crippen LogP contribution < -0.4 is 0 Å². The van der Waals surface area contributed by atoms with Crippen molar-refractivity contribution < 1.29 is 9.53 Å². The summed E-state index contributed by atoms with van der Waals surface area (Å²) in [4.78, 5) is 16.8. The van der Waals surface area contributed by atoms with Crippen molar-refractivity contribution in [3.05, 3.63) is 35.9 Å². The number of ether oxygens (including phenoxy) is 1. The average molecular weight is 274 g/mol. The van der Waals surface area contributed by atoms with Crippen LogP contribution in [0.25, 0.3) is 0 Å². The van der Waals surface area contributed by atoms with E-state index in [0.29, 0.717) is 0 Å². The lowest BCUT2D eigenvalue weighted by atomic mass is 10.0. The van der Waals surface area contributed by atoms with Crippen molar-refractivity contribution in [2.45, 2.75) is 24.9 Å². The summed E-state index contributed by atoms with van der Waals surface area (Å²) in [6.07, 6.45) is 2.63. The molecular weight excluding hydrogens is 252 g/mol. The molecule has 1 saturated carbocycles. The van der Waals surface area contributed by atoms with Gasteiger partial charge >= 0.3 is 0 Å². The topological polar surface area (TPSA) is 32.8 Å². The van der Waals surface area contributed by atoms with Gasteiger partial charge in [-0.3, -0.25) is 9.69 Å². The van der Waals surface area contributed by atoms with Gasteiger partial charge in [-0.25, -0.2) is 0 Å². The third kappa shape index (κ3) is 2.86. The molecule has 108 valence electrons. The van der Waals surface area contributed by atoms with E-state index in [1.54, 1.807) is 7.11 Å². The van der Waals surface area contributed by atoms with Gasteiger partial charge in [-0.2, -0.15) is 0 Å². The van der Waals surface area contributed by atoms with Crippen molar-refractivity contribution in [2.75, 3.05) is 33.4 Å². The number of nitrogens with zero attached hydrogens (tertiary/aromatic N) is 2. The molecule has 1 amide bonds. The molecule has 4 nitrogen and oxygen atoms in total. The zero-order chi connectivity index (χ0) is 13.9. The van der Waals surface area contributed by atoms with Gasteiger partial charge in [0, 0.05) is 32.8 Å². The molecule has 1 heterocycles. The molecule has 1 aromatic carbocycles. The lowest BCUT2D eigenvalue weighted by Crippen LogP contribution is -2.52. The highest BCUT2D eigenvalue weighted by molar-refractivity contribution is 5.78. The first-order valence-electron chi connectivity index (χ1n) is 7.37. The fourth-order valence-corrected chi connectivity index (χ4v) is 3.04. The minimum Gasteiger partial charge on any atom is -0.375 e. The molecule has 0 unspecified atom stereocenters. The predicted octanol–water partition coefficient (Wildman–Crippen LogP) is 1.68. The van der Waals surface area contributed by atoms with E-state index in [-0.39, 0.29) is 18.6 Å². The van der Waals surface area contributed by atoms with Gasteiger partial charge in [-0.1, -0.05) is 30.3 Å². The zero-order valence-corrected chi connectivity index (χ0v) is 12.0. The maximum Gasteiger partial charge on any atom is 0.249 e. The maximum atomic E-state index is 12.3. The molecule has 20 heavy (non-hydrogen) atoms. The number of carbonyl (C=O) groups is 1. The molecule has 4 heteroatoms. The van der Waals surface area contributed by atoms with Crippen molar-refractivity contribution in [1.29, 1.82) is 0 Å². The van der Waals surface area contributed by atoms with Crippen molar-refractivity contribution in [1.82, 2.24) is 9.80 Å². The third-order valence-corrected chi connectivity index (χ3v) is 4.25. The predicted molar refractivity (Wildman–Crippen MR) is 77.4 cm³/mol. The van der Waals surface area contributed by atoms with Gasteiger partial charge < -0.3 is 9.64 Å². The first-order chi connectivity index (χ1) is 9.79. The molecule has 2 aliphatic rings. The van der Waals surface area contributed by atoms with E-state index in [9.17, 15) is 4.79 Å². The van der Waals surface area contributed by atoms with Crippen LogP contribution in [0.4, 0.5) is 0 Å². The highest BCUT2D eigenvalue weighted by Gasteiger charge is 2.37. The summed E-state index contributed by atoms with van der Waals surface area (Å²) in [5.41, 5.74) is 1.22. The second-order valence-electron chi connectivity index (χ2n) is 5.67. The van der Waals surface area contributed by atoms with Gasteiger partial charge in [0.15, 0.2) is 0 Å². The second kappa shape index (κ2) is 5.94. The maximum absolute atomic E-state index is 12.3. The smallest absolute Gasteiger partial charge is 0.249 e. The Morgan fingerprint density at radius 3 is 2.65 bits per heavy atom. The molecular formula is C16H22N2O2. The fourth-order valence-electron chi connectivity index (χ4n) is 3.04. The lowest BCUT2D eigenvalue weighted by Gasteiger charge is -2.42. The van der Waals surface area contributed by atoms with Gasteiger partial charge in [0.25, 0.3) is 0 Å². The molecule has 1 atom stereocenters. The van der Waals surface area contributed by atoms with Gasteiger partial charge in [-0.05, 0) is 18.4 Å². The number of piperazine rings is 1. The van der Waals surface area contributed by atoms with Crippen molar-refractivity contribution in [3.8, 4) is 0 Å². The highest BCUT2D eigenvalue weighted by atomic mass is 16.5. The van der Waals surface area contributed by atoms with Crippen LogP contribution in [0.2, 0.25) is 0 Å². The van der Waals surface area contributed by atoms with E-state index in [4.69, 9.17) is 4.74 Å². The summed E-state index contributed by atoms with van der Waals surface area (Å²) in [6, 6.07) is 11.3. The van der Waals surface area contributed by atoms with Gasteiger partial charge in [0.2, 0.25) is 5.91 Å². The summed E-state index contributed by atoms with van der Waals surface area (Å²) < 4.78 is 5.02. The number of rotatable bonds is 4. The Morgan fingerprint density at radius 1 is 1.25 bits per heavy atom.